The van der Waals surface area contributed by atoms with Gasteiger partial charge in [-0.2, -0.15) is 0 Å². The molecule has 0 spiro atoms. The first-order chi connectivity index (χ1) is 14.9. The minimum Gasteiger partial charge on any atom is -0.352 e. The van der Waals surface area contributed by atoms with Crippen LogP contribution in [0, 0.1) is 20.8 Å². The largest absolute Gasteiger partial charge is 0.352 e. The van der Waals surface area contributed by atoms with E-state index in [9.17, 15) is 0 Å². The van der Waals surface area contributed by atoms with Crippen LogP contribution in [0.25, 0.3) is 5.69 Å². The monoisotopic (exact) mass is 452 g/mol. The van der Waals surface area contributed by atoms with E-state index in [0.717, 1.165) is 40.9 Å². The van der Waals surface area contributed by atoms with Gasteiger partial charge in [0.2, 0.25) is 0 Å². The molecule has 1 N–H and O–H groups in total. The summed E-state index contributed by atoms with van der Waals surface area (Å²) in [6.45, 7) is 9.74. The van der Waals surface area contributed by atoms with Crippen molar-refractivity contribution in [1.29, 1.82) is 0 Å². The fourth-order valence-electron chi connectivity index (χ4n) is 4.73. The SMILES string of the molecule is CCCCN1C(=S)N[C@H](c2ccccn2)[C@@H]1c1c(C)c(C)n(-c2cccc(Cl)c2)c1C. The molecular formula is C25H29ClN4S. The number of benzene rings is 1. The maximum atomic E-state index is 6.32. The molecule has 1 aliphatic rings. The molecule has 0 bridgehead atoms. The highest BCUT2D eigenvalue weighted by atomic mass is 35.5. The molecule has 4 rings (SSSR count). The standard InChI is InChI=1S/C25H29ClN4S/c1-5-6-14-29-24(23(28-25(29)31)21-12-7-8-13-27-21)22-16(2)17(3)30(18(22)4)20-11-9-10-19(26)15-20/h7-13,15,23-24H,5-6,14H2,1-4H3,(H,28,31)/t23-,24+/m1/s1. The van der Waals surface area contributed by atoms with Crippen LogP contribution in [0.4, 0.5) is 0 Å². The van der Waals surface area contributed by atoms with Gasteiger partial charge in [-0.1, -0.05) is 37.1 Å². The summed E-state index contributed by atoms with van der Waals surface area (Å²) in [4.78, 5) is 7.03. The highest BCUT2D eigenvalue weighted by Gasteiger charge is 2.42. The summed E-state index contributed by atoms with van der Waals surface area (Å²) in [5.74, 6) is 0. The molecule has 3 aromatic rings. The van der Waals surface area contributed by atoms with Crippen molar-refractivity contribution in [3.63, 3.8) is 0 Å². The number of thiocarbonyl (C=S) groups is 1. The highest BCUT2D eigenvalue weighted by Crippen LogP contribution is 2.43. The summed E-state index contributed by atoms with van der Waals surface area (Å²) in [5, 5.41) is 5.12. The Morgan fingerprint density at radius 1 is 1.10 bits per heavy atom. The van der Waals surface area contributed by atoms with E-state index in [2.05, 4.69) is 59.6 Å². The summed E-state index contributed by atoms with van der Waals surface area (Å²) in [6.07, 6.45) is 4.08. The Morgan fingerprint density at radius 2 is 1.90 bits per heavy atom. The van der Waals surface area contributed by atoms with E-state index in [4.69, 9.17) is 23.8 Å². The maximum absolute atomic E-state index is 6.32. The maximum Gasteiger partial charge on any atom is 0.170 e. The molecule has 1 fully saturated rings. The second kappa shape index (κ2) is 9.01. The van der Waals surface area contributed by atoms with Crippen LogP contribution in [0.3, 0.4) is 0 Å². The Hall–Kier alpha value is -2.37. The van der Waals surface area contributed by atoms with Crippen molar-refractivity contribution in [2.75, 3.05) is 6.54 Å². The minimum atomic E-state index is 0.0116. The summed E-state index contributed by atoms with van der Waals surface area (Å²) < 4.78 is 2.31. The Bertz CT molecular complexity index is 1090. The fraction of sp³-hybridized carbons (Fsp3) is 0.360. The van der Waals surface area contributed by atoms with E-state index < -0.39 is 0 Å². The zero-order chi connectivity index (χ0) is 22.1. The molecule has 4 nitrogen and oxygen atoms in total. The summed E-state index contributed by atoms with van der Waals surface area (Å²) >= 11 is 12.1. The molecule has 0 radical (unpaired) electrons. The lowest BCUT2D eigenvalue weighted by molar-refractivity contribution is 0.311. The number of halogens is 1. The first-order valence-electron chi connectivity index (χ1n) is 10.9. The van der Waals surface area contributed by atoms with Crippen molar-refractivity contribution < 1.29 is 0 Å². The van der Waals surface area contributed by atoms with Gasteiger partial charge in [0.15, 0.2) is 5.11 Å². The molecular weight excluding hydrogens is 424 g/mol. The topological polar surface area (TPSA) is 33.1 Å². The van der Waals surface area contributed by atoms with Crippen LogP contribution < -0.4 is 5.32 Å². The molecule has 162 valence electrons. The summed E-state index contributed by atoms with van der Waals surface area (Å²) in [7, 11) is 0. The third kappa shape index (κ3) is 3.97. The lowest BCUT2D eigenvalue weighted by Crippen LogP contribution is -2.31. The van der Waals surface area contributed by atoms with Crippen LogP contribution >= 0.6 is 23.8 Å². The Kier molecular flexibility index (Phi) is 6.35. The molecule has 2 atom stereocenters. The zero-order valence-electron chi connectivity index (χ0n) is 18.5. The minimum absolute atomic E-state index is 0.0116. The number of rotatable bonds is 6. The Labute approximate surface area is 195 Å². The van der Waals surface area contributed by atoms with Crippen molar-refractivity contribution in [3.05, 3.63) is 81.9 Å². The summed E-state index contributed by atoms with van der Waals surface area (Å²) in [6, 6.07) is 14.2. The van der Waals surface area contributed by atoms with Gasteiger partial charge >= 0.3 is 0 Å². The van der Waals surface area contributed by atoms with E-state index in [1.54, 1.807) is 0 Å². The molecule has 0 unspecified atom stereocenters. The van der Waals surface area contributed by atoms with Gasteiger partial charge in [0.1, 0.15) is 0 Å². The van der Waals surface area contributed by atoms with Gasteiger partial charge in [-0.3, -0.25) is 4.98 Å². The van der Waals surface area contributed by atoms with Crippen LogP contribution in [0.1, 0.15) is 60.1 Å². The van der Waals surface area contributed by atoms with Crippen molar-refractivity contribution >= 4 is 28.9 Å². The van der Waals surface area contributed by atoms with Crippen molar-refractivity contribution in [2.45, 2.75) is 52.6 Å². The number of pyridine rings is 1. The van der Waals surface area contributed by atoms with Crippen molar-refractivity contribution in [3.8, 4) is 5.69 Å². The van der Waals surface area contributed by atoms with Gasteiger partial charge in [-0.15, -0.1) is 0 Å². The molecule has 1 saturated heterocycles. The average molecular weight is 453 g/mol. The second-order valence-electron chi connectivity index (χ2n) is 8.20. The second-order valence-corrected chi connectivity index (χ2v) is 9.02. The van der Waals surface area contributed by atoms with Gasteiger partial charge in [-0.05, 0) is 75.3 Å². The third-order valence-electron chi connectivity index (χ3n) is 6.32. The number of unbranched alkanes of at least 4 members (excludes halogenated alkanes) is 1. The molecule has 1 aromatic carbocycles. The molecule has 0 amide bonds. The van der Waals surface area contributed by atoms with E-state index >= 15 is 0 Å². The molecule has 1 aliphatic heterocycles. The number of hydrogen-bond acceptors (Lipinski definition) is 2. The van der Waals surface area contributed by atoms with E-state index in [1.807, 2.05) is 36.5 Å². The van der Waals surface area contributed by atoms with Crippen molar-refractivity contribution in [2.24, 2.45) is 0 Å². The first-order valence-corrected chi connectivity index (χ1v) is 11.6. The predicted molar refractivity (Wildman–Crippen MR) is 132 cm³/mol. The quantitative estimate of drug-likeness (QED) is 0.450. The van der Waals surface area contributed by atoms with E-state index in [-0.39, 0.29) is 12.1 Å². The molecule has 0 aliphatic carbocycles. The predicted octanol–water partition coefficient (Wildman–Crippen LogP) is 6.22. The van der Waals surface area contributed by atoms with Gasteiger partial charge < -0.3 is 14.8 Å². The molecule has 6 heteroatoms. The van der Waals surface area contributed by atoms with Crippen LogP contribution in [-0.2, 0) is 0 Å². The molecule has 31 heavy (non-hydrogen) atoms. The van der Waals surface area contributed by atoms with E-state index in [1.165, 1.54) is 22.5 Å². The highest BCUT2D eigenvalue weighted by molar-refractivity contribution is 7.80. The normalized spacial score (nSPS) is 18.5. The van der Waals surface area contributed by atoms with Crippen molar-refractivity contribution in [1.82, 2.24) is 19.8 Å². The Morgan fingerprint density at radius 3 is 2.58 bits per heavy atom. The van der Waals surface area contributed by atoms with E-state index in [0.29, 0.717) is 0 Å². The number of nitrogens with zero attached hydrogens (tertiary/aromatic N) is 3. The van der Waals surface area contributed by atoms with Crippen LogP contribution in [0.15, 0.2) is 48.7 Å². The lowest BCUT2D eigenvalue weighted by atomic mass is 9.93. The number of aromatic nitrogens is 2. The number of nitrogens with one attached hydrogen (secondary N) is 1. The average Bonchev–Trinajstić information content (AvgIpc) is 3.19. The molecule has 2 aromatic heterocycles. The van der Waals surface area contributed by atoms with Gasteiger partial charge in [0.25, 0.3) is 0 Å². The van der Waals surface area contributed by atoms with Gasteiger partial charge in [-0.25, -0.2) is 0 Å². The first kappa shape index (κ1) is 21.8. The number of hydrogen-bond donors (Lipinski definition) is 1. The lowest BCUT2D eigenvalue weighted by Gasteiger charge is -2.29. The van der Waals surface area contributed by atoms with Crippen LogP contribution in [-0.4, -0.2) is 26.1 Å². The smallest absolute Gasteiger partial charge is 0.170 e. The van der Waals surface area contributed by atoms with Gasteiger partial charge in [0.05, 0.1) is 17.8 Å². The summed E-state index contributed by atoms with van der Waals surface area (Å²) in [5.41, 5.74) is 7.15. The fourth-order valence-corrected chi connectivity index (χ4v) is 5.25. The Balaban J connectivity index is 1.88. The van der Waals surface area contributed by atoms with Crippen LogP contribution in [0.5, 0.6) is 0 Å². The third-order valence-corrected chi connectivity index (χ3v) is 6.91. The van der Waals surface area contributed by atoms with Gasteiger partial charge in [0, 0.05) is 40.4 Å². The van der Waals surface area contributed by atoms with Crippen LogP contribution in [0.2, 0.25) is 5.02 Å². The molecule has 3 heterocycles. The molecule has 0 saturated carbocycles. The zero-order valence-corrected chi connectivity index (χ0v) is 20.1.